The first kappa shape index (κ1) is 15.2. The van der Waals surface area contributed by atoms with E-state index in [2.05, 4.69) is 0 Å². The van der Waals surface area contributed by atoms with E-state index >= 15 is 0 Å². The van der Waals surface area contributed by atoms with Crippen molar-refractivity contribution in [3.63, 3.8) is 0 Å². The molecule has 0 heterocycles. The molecule has 1 aromatic carbocycles. The number of aliphatic hydroxyl groups is 1. The number of nitrogens with zero attached hydrogens (tertiary/aromatic N) is 1. The van der Waals surface area contributed by atoms with Gasteiger partial charge >= 0.3 is 0 Å². The second-order valence-electron chi connectivity index (χ2n) is 5.37. The molecule has 7 heteroatoms. The van der Waals surface area contributed by atoms with E-state index in [0.717, 1.165) is 35.3 Å². The number of likely N-dealkylation sites (N-methyl/N-ethyl adjacent to an activating group) is 1. The summed E-state index contributed by atoms with van der Waals surface area (Å²) in [5.41, 5.74) is 4.47. The fourth-order valence-electron chi connectivity index (χ4n) is 2.61. The molecule has 1 fully saturated rings. The highest BCUT2D eigenvalue weighted by Gasteiger charge is 2.36. The summed E-state index contributed by atoms with van der Waals surface area (Å²) < 4.78 is 38.9. The van der Waals surface area contributed by atoms with Crippen LogP contribution >= 0.6 is 0 Å². The van der Waals surface area contributed by atoms with Gasteiger partial charge in [-0.15, -0.1) is 0 Å². The van der Waals surface area contributed by atoms with Crippen molar-refractivity contribution < 1.29 is 17.9 Å². The minimum atomic E-state index is -3.83. The standard InChI is InChI=1S/C13H19FN2O3S/c1-16(9-13(17)6-2-3-7-13)20(18,19)12-5-4-10(14)8-11(12)15/h4-5,8,17H,2-3,6-7,9,15H2,1H3. The van der Waals surface area contributed by atoms with Gasteiger partial charge in [0.05, 0.1) is 11.3 Å². The number of nitrogens with two attached hydrogens (primary N) is 1. The lowest BCUT2D eigenvalue weighted by Gasteiger charge is -2.28. The summed E-state index contributed by atoms with van der Waals surface area (Å²) in [6.07, 6.45) is 2.96. The van der Waals surface area contributed by atoms with Crippen LogP contribution in [0.1, 0.15) is 25.7 Å². The molecule has 0 aromatic heterocycles. The number of hydrogen-bond acceptors (Lipinski definition) is 4. The van der Waals surface area contributed by atoms with Gasteiger partial charge in [0.2, 0.25) is 10.0 Å². The van der Waals surface area contributed by atoms with Gasteiger partial charge in [0.15, 0.2) is 0 Å². The van der Waals surface area contributed by atoms with Gasteiger partial charge in [0.1, 0.15) is 10.7 Å². The highest BCUT2D eigenvalue weighted by atomic mass is 32.2. The SMILES string of the molecule is CN(CC1(O)CCCC1)S(=O)(=O)c1ccc(F)cc1N. The maximum absolute atomic E-state index is 13.0. The lowest BCUT2D eigenvalue weighted by atomic mass is 10.0. The number of nitrogen functional groups attached to an aromatic ring is 1. The van der Waals surface area contributed by atoms with Crippen LogP contribution in [0.5, 0.6) is 0 Å². The van der Waals surface area contributed by atoms with Gasteiger partial charge in [-0.05, 0) is 31.0 Å². The van der Waals surface area contributed by atoms with Gasteiger partial charge in [-0.3, -0.25) is 0 Å². The normalized spacial score (nSPS) is 18.6. The molecule has 0 atom stereocenters. The summed E-state index contributed by atoms with van der Waals surface area (Å²) in [7, 11) is -2.43. The minimum Gasteiger partial charge on any atom is -0.398 e. The summed E-state index contributed by atoms with van der Waals surface area (Å²) >= 11 is 0. The summed E-state index contributed by atoms with van der Waals surface area (Å²) in [6, 6.07) is 3.18. The average Bonchev–Trinajstić information content (AvgIpc) is 2.75. The third kappa shape index (κ3) is 2.94. The van der Waals surface area contributed by atoms with Gasteiger partial charge in [-0.1, -0.05) is 12.8 Å². The van der Waals surface area contributed by atoms with Crippen LogP contribution in [0.3, 0.4) is 0 Å². The largest absolute Gasteiger partial charge is 0.398 e. The second kappa shape index (κ2) is 5.31. The molecule has 1 aliphatic rings. The molecule has 2 rings (SSSR count). The predicted molar refractivity (Wildman–Crippen MR) is 74.0 cm³/mol. The van der Waals surface area contributed by atoms with Gasteiger partial charge < -0.3 is 10.8 Å². The molecule has 0 amide bonds. The molecule has 0 saturated heterocycles. The van der Waals surface area contributed by atoms with E-state index in [9.17, 15) is 17.9 Å². The molecular weight excluding hydrogens is 283 g/mol. The molecule has 112 valence electrons. The van der Waals surface area contributed by atoms with Crippen LogP contribution in [-0.2, 0) is 10.0 Å². The average molecular weight is 302 g/mol. The number of benzene rings is 1. The zero-order valence-corrected chi connectivity index (χ0v) is 12.2. The number of hydrogen-bond donors (Lipinski definition) is 2. The van der Waals surface area contributed by atoms with Crippen LogP contribution < -0.4 is 5.73 Å². The van der Waals surface area contributed by atoms with E-state index in [4.69, 9.17) is 5.73 Å². The Kier molecular flexibility index (Phi) is 4.04. The van der Waals surface area contributed by atoms with Crippen molar-refractivity contribution in [3.8, 4) is 0 Å². The lowest BCUT2D eigenvalue weighted by molar-refractivity contribution is 0.0333. The Morgan fingerprint density at radius 3 is 2.55 bits per heavy atom. The fraction of sp³-hybridized carbons (Fsp3) is 0.538. The van der Waals surface area contributed by atoms with E-state index in [0.29, 0.717) is 12.8 Å². The Morgan fingerprint density at radius 1 is 1.40 bits per heavy atom. The Labute approximate surface area is 118 Å². The Hall–Kier alpha value is -1.18. The molecule has 20 heavy (non-hydrogen) atoms. The molecule has 5 nitrogen and oxygen atoms in total. The summed E-state index contributed by atoms with van der Waals surface area (Å²) in [5.74, 6) is -0.585. The Balaban J connectivity index is 2.25. The van der Waals surface area contributed by atoms with Gasteiger partial charge in [0, 0.05) is 13.6 Å². The number of rotatable bonds is 4. The van der Waals surface area contributed by atoms with E-state index in [1.54, 1.807) is 0 Å². The molecule has 0 unspecified atom stereocenters. The third-order valence-electron chi connectivity index (χ3n) is 3.71. The topological polar surface area (TPSA) is 83.6 Å². The Morgan fingerprint density at radius 2 is 2.00 bits per heavy atom. The monoisotopic (exact) mass is 302 g/mol. The van der Waals surface area contributed by atoms with Gasteiger partial charge in [-0.25, -0.2) is 12.8 Å². The number of halogens is 1. The van der Waals surface area contributed by atoms with Crippen LogP contribution in [0.2, 0.25) is 0 Å². The molecule has 0 aliphatic heterocycles. The van der Waals surface area contributed by atoms with Gasteiger partial charge in [-0.2, -0.15) is 4.31 Å². The molecule has 1 aliphatic carbocycles. The zero-order chi connectivity index (χ0) is 15.0. The van der Waals surface area contributed by atoms with E-state index in [1.807, 2.05) is 0 Å². The maximum Gasteiger partial charge on any atom is 0.244 e. The third-order valence-corrected chi connectivity index (χ3v) is 5.59. The smallest absolute Gasteiger partial charge is 0.244 e. The fourth-order valence-corrected chi connectivity index (χ4v) is 3.96. The number of anilines is 1. The van der Waals surface area contributed by atoms with Crippen LogP contribution in [0.25, 0.3) is 0 Å². The van der Waals surface area contributed by atoms with Crippen molar-refractivity contribution >= 4 is 15.7 Å². The van der Waals surface area contributed by atoms with Crippen LogP contribution in [0.15, 0.2) is 23.1 Å². The quantitative estimate of drug-likeness (QED) is 0.822. The maximum atomic E-state index is 13.0. The zero-order valence-electron chi connectivity index (χ0n) is 11.3. The van der Waals surface area contributed by atoms with Crippen LogP contribution in [-0.4, -0.2) is 37.0 Å². The van der Waals surface area contributed by atoms with Crippen molar-refractivity contribution in [1.82, 2.24) is 4.31 Å². The summed E-state index contributed by atoms with van der Waals surface area (Å²) in [4.78, 5) is -0.136. The highest BCUT2D eigenvalue weighted by molar-refractivity contribution is 7.89. The summed E-state index contributed by atoms with van der Waals surface area (Å²) in [6.45, 7) is 0.0200. The molecule has 0 bridgehead atoms. The lowest BCUT2D eigenvalue weighted by Crippen LogP contribution is -2.42. The number of sulfonamides is 1. The minimum absolute atomic E-state index is 0.0200. The van der Waals surface area contributed by atoms with Crippen molar-refractivity contribution in [2.45, 2.75) is 36.2 Å². The summed E-state index contributed by atoms with van der Waals surface area (Å²) in [5, 5.41) is 10.3. The Bertz CT molecular complexity index is 598. The predicted octanol–water partition coefficient (Wildman–Crippen LogP) is 1.33. The first-order valence-electron chi connectivity index (χ1n) is 6.48. The molecule has 0 radical (unpaired) electrons. The van der Waals surface area contributed by atoms with Crippen LogP contribution in [0.4, 0.5) is 10.1 Å². The second-order valence-corrected chi connectivity index (χ2v) is 7.39. The van der Waals surface area contributed by atoms with E-state index < -0.39 is 21.4 Å². The first-order chi connectivity index (χ1) is 9.24. The molecule has 0 spiro atoms. The van der Waals surface area contributed by atoms with E-state index in [-0.39, 0.29) is 17.1 Å². The van der Waals surface area contributed by atoms with Crippen molar-refractivity contribution in [2.75, 3.05) is 19.3 Å². The molecule has 3 N–H and O–H groups in total. The van der Waals surface area contributed by atoms with Crippen molar-refractivity contribution in [3.05, 3.63) is 24.0 Å². The molecular formula is C13H19FN2O3S. The molecule has 1 aromatic rings. The molecule has 1 saturated carbocycles. The van der Waals surface area contributed by atoms with E-state index in [1.165, 1.54) is 7.05 Å². The highest BCUT2D eigenvalue weighted by Crippen LogP contribution is 2.32. The van der Waals surface area contributed by atoms with Crippen molar-refractivity contribution in [2.24, 2.45) is 0 Å². The first-order valence-corrected chi connectivity index (χ1v) is 7.92. The van der Waals surface area contributed by atoms with Crippen molar-refractivity contribution in [1.29, 1.82) is 0 Å². The van der Waals surface area contributed by atoms with Crippen LogP contribution in [0, 0.1) is 5.82 Å². The van der Waals surface area contributed by atoms with Gasteiger partial charge in [0.25, 0.3) is 0 Å².